The van der Waals surface area contributed by atoms with E-state index in [0.717, 1.165) is 18.1 Å². The molecule has 2 nitrogen and oxygen atoms in total. The van der Waals surface area contributed by atoms with Crippen LogP contribution in [0.5, 0.6) is 0 Å². The summed E-state index contributed by atoms with van der Waals surface area (Å²) >= 11 is 6.03. The first kappa shape index (κ1) is 11.9. The predicted molar refractivity (Wildman–Crippen MR) is 68.8 cm³/mol. The van der Waals surface area contributed by atoms with Gasteiger partial charge in [-0.3, -0.25) is 0 Å². The zero-order chi connectivity index (χ0) is 11.4. The van der Waals surface area contributed by atoms with E-state index in [-0.39, 0.29) is 0 Å². The van der Waals surface area contributed by atoms with Crippen molar-refractivity contribution in [3.8, 4) is 0 Å². The molecule has 88 valence electrons. The highest BCUT2D eigenvalue weighted by molar-refractivity contribution is 6.30. The summed E-state index contributed by atoms with van der Waals surface area (Å²) in [5.74, 6) is 1.09. The quantitative estimate of drug-likeness (QED) is 0.849. The molecule has 2 unspecified atom stereocenters. The maximum atomic E-state index is 6.03. The fourth-order valence-corrected chi connectivity index (χ4v) is 2.76. The van der Waals surface area contributed by atoms with Gasteiger partial charge >= 0.3 is 0 Å². The van der Waals surface area contributed by atoms with E-state index in [0.29, 0.717) is 18.4 Å². The highest BCUT2D eigenvalue weighted by Gasteiger charge is 2.23. The monoisotopic (exact) mass is 238 g/mol. The van der Waals surface area contributed by atoms with Gasteiger partial charge in [-0.2, -0.15) is 0 Å². The van der Waals surface area contributed by atoms with Gasteiger partial charge in [-0.05, 0) is 56.1 Å². The molecule has 1 saturated heterocycles. The van der Waals surface area contributed by atoms with Gasteiger partial charge in [0.05, 0.1) is 0 Å². The van der Waals surface area contributed by atoms with Crippen molar-refractivity contribution >= 4 is 11.6 Å². The van der Waals surface area contributed by atoms with Gasteiger partial charge in [-0.1, -0.05) is 23.7 Å². The third-order valence-electron chi connectivity index (χ3n) is 3.43. The van der Waals surface area contributed by atoms with E-state index in [9.17, 15) is 0 Å². The molecule has 1 aromatic carbocycles. The molecule has 3 heteroatoms. The first-order valence-electron chi connectivity index (χ1n) is 5.97. The average Bonchev–Trinajstić information content (AvgIpc) is 2.31. The van der Waals surface area contributed by atoms with Crippen molar-refractivity contribution in [2.75, 3.05) is 19.6 Å². The Balaban J connectivity index is 2.14. The van der Waals surface area contributed by atoms with E-state index in [1.165, 1.54) is 18.4 Å². The number of benzene rings is 1. The van der Waals surface area contributed by atoms with E-state index in [1.54, 1.807) is 0 Å². The Bertz CT molecular complexity index is 334. The molecule has 1 aliphatic heterocycles. The third kappa shape index (κ3) is 2.76. The number of piperidine rings is 1. The Morgan fingerprint density at radius 2 is 2.38 bits per heavy atom. The molecule has 0 aromatic heterocycles. The number of hydrogen-bond donors (Lipinski definition) is 2. The van der Waals surface area contributed by atoms with E-state index in [2.05, 4.69) is 11.4 Å². The van der Waals surface area contributed by atoms with Gasteiger partial charge in [0.2, 0.25) is 0 Å². The van der Waals surface area contributed by atoms with Crippen LogP contribution in [-0.4, -0.2) is 19.6 Å². The number of rotatable bonds is 3. The lowest BCUT2D eigenvalue weighted by Crippen LogP contribution is -2.35. The minimum atomic E-state index is 0.437. The second-order valence-corrected chi connectivity index (χ2v) is 4.94. The van der Waals surface area contributed by atoms with Gasteiger partial charge < -0.3 is 11.1 Å². The molecule has 0 radical (unpaired) electrons. The van der Waals surface area contributed by atoms with E-state index < -0.39 is 0 Å². The van der Waals surface area contributed by atoms with Crippen LogP contribution in [0.25, 0.3) is 0 Å². The number of halogens is 1. The fraction of sp³-hybridized carbons (Fsp3) is 0.538. The van der Waals surface area contributed by atoms with Gasteiger partial charge in [0.1, 0.15) is 0 Å². The van der Waals surface area contributed by atoms with Crippen molar-refractivity contribution in [2.45, 2.75) is 18.8 Å². The molecule has 2 atom stereocenters. The standard InChI is InChI=1S/C13H19ClN2/c14-12-5-1-3-10(7-12)13(8-15)11-4-2-6-16-9-11/h1,3,5,7,11,13,16H,2,4,6,8-9,15H2. The molecule has 0 spiro atoms. The Hall–Kier alpha value is -0.570. The van der Waals surface area contributed by atoms with Crippen LogP contribution in [0.3, 0.4) is 0 Å². The molecule has 16 heavy (non-hydrogen) atoms. The highest BCUT2D eigenvalue weighted by atomic mass is 35.5. The summed E-state index contributed by atoms with van der Waals surface area (Å²) in [5, 5.41) is 4.25. The fourth-order valence-electron chi connectivity index (χ4n) is 2.56. The average molecular weight is 239 g/mol. The van der Waals surface area contributed by atoms with Crippen LogP contribution >= 0.6 is 11.6 Å². The van der Waals surface area contributed by atoms with Gasteiger partial charge in [0.25, 0.3) is 0 Å². The van der Waals surface area contributed by atoms with Crippen LogP contribution < -0.4 is 11.1 Å². The van der Waals surface area contributed by atoms with E-state index in [1.807, 2.05) is 18.2 Å². The number of nitrogens with two attached hydrogens (primary N) is 1. The summed E-state index contributed by atoms with van der Waals surface area (Å²) < 4.78 is 0. The second kappa shape index (κ2) is 5.67. The maximum absolute atomic E-state index is 6.03. The lowest BCUT2D eigenvalue weighted by Gasteiger charge is -2.30. The summed E-state index contributed by atoms with van der Waals surface area (Å²) in [6, 6.07) is 8.11. The first-order valence-corrected chi connectivity index (χ1v) is 6.35. The molecule has 1 aliphatic rings. The summed E-state index contributed by atoms with van der Waals surface area (Å²) in [6.07, 6.45) is 2.52. The van der Waals surface area contributed by atoms with Gasteiger partial charge in [-0.15, -0.1) is 0 Å². The zero-order valence-corrected chi connectivity index (χ0v) is 10.2. The molecule has 0 amide bonds. The van der Waals surface area contributed by atoms with Gasteiger partial charge in [-0.25, -0.2) is 0 Å². The Labute approximate surface area is 102 Å². The lowest BCUT2D eigenvalue weighted by atomic mass is 9.81. The van der Waals surface area contributed by atoms with Crippen molar-refractivity contribution in [3.05, 3.63) is 34.9 Å². The predicted octanol–water partition coefficient (Wildman–Crippen LogP) is 2.38. The molecule has 1 heterocycles. The van der Waals surface area contributed by atoms with Crippen LogP contribution in [0.2, 0.25) is 5.02 Å². The molecular formula is C13H19ClN2. The van der Waals surface area contributed by atoms with Gasteiger partial charge in [0.15, 0.2) is 0 Å². The van der Waals surface area contributed by atoms with Crippen LogP contribution in [0, 0.1) is 5.92 Å². The van der Waals surface area contributed by atoms with Gasteiger partial charge in [0, 0.05) is 10.9 Å². The zero-order valence-electron chi connectivity index (χ0n) is 9.45. The molecular weight excluding hydrogens is 220 g/mol. The van der Waals surface area contributed by atoms with Crippen molar-refractivity contribution in [1.29, 1.82) is 0 Å². The summed E-state index contributed by atoms with van der Waals surface area (Å²) in [4.78, 5) is 0. The minimum Gasteiger partial charge on any atom is -0.330 e. The number of nitrogens with one attached hydrogen (secondary N) is 1. The third-order valence-corrected chi connectivity index (χ3v) is 3.67. The molecule has 0 saturated carbocycles. The SMILES string of the molecule is NCC(c1cccc(Cl)c1)C1CCCNC1. The summed E-state index contributed by atoms with van der Waals surface area (Å²) in [5.41, 5.74) is 7.20. The molecule has 0 aliphatic carbocycles. The maximum Gasteiger partial charge on any atom is 0.0408 e. The smallest absolute Gasteiger partial charge is 0.0408 e. The lowest BCUT2D eigenvalue weighted by molar-refractivity contribution is 0.325. The first-order chi connectivity index (χ1) is 7.81. The van der Waals surface area contributed by atoms with Crippen LogP contribution in [-0.2, 0) is 0 Å². The van der Waals surface area contributed by atoms with Crippen molar-refractivity contribution in [2.24, 2.45) is 11.7 Å². The molecule has 3 N–H and O–H groups in total. The Kier molecular flexibility index (Phi) is 4.22. The van der Waals surface area contributed by atoms with Crippen molar-refractivity contribution < 1.29 is 0 Å². The van der Waals surface area contributed by atoms with Crippen LogP contribution in [0.4, 0.5) is 0 Å². The van der Waals surface area contributed by atoms with E-state index >= 15 is 0 Å². The van der Waals surface area contributed by atoms with E-state index in [4.69, 9.17) is 17.3 Å². The van der Waals surface area contributed by atoms with Crippen molar-refractivity contribution in [3.63, 3.8) is 0 Å². The Morgan fingerprint density at radius 1 is 1.50 bits per heavy atom. The summed E-state index contributed by atoms with van der Waals surface area (Å²) in [7, 11) is 0. The molecule has 2 rings (SSSR count). The second-order valence-electron chi connectivity index (χ2n) is 4.50. The van der Waals surface area contributed by atoms with Crippen molar-refractivity contribution in [1.82, 2.24) is 5.32 Å². The highest BCUT2D eigenvalue weighted by Crippen LogP contribution is 2.29. The topological polar surface area (TPSA) is 38.0 Å². The van der Waals surface area contributed by atoms with Crippen LogP contribution in [0.15, 0.2) is 24.3 Å². The Morgan fingerprint density at radius 3 is 3.00 bits per heavy atom. The molecule has 0 bridgehead atoms. The molecule has 1 fully saturated rings. The largest absolute Gasteiger partial charge is 0.330 e. The number of hydrogen-bond acceptors (Lipinski definition) is 2. The minimum absolute atomic E-state index is 0.437. The normalized spacial score (nSPS) is 23.0. The summed E-state index contributed by atoms with van der Waals surface area (Å²) in [6.45, 7) is 2.92. The molecule has 1 aromatic rings. The van der Waals surface area contributed by atoms with Crippen LogP contribution in [0.1, 0.15) is 24.3 Å².